The van der Waals surface area contributed by atoms with Crippen LogP contribution in [0.5, 0.6) is 0 Å². The normalized spacial score (nSPS) is 10.7. The lowest BCUT2D eigenvalue weighted by Crippen LogP contribution is -2.30. The first-order valence-electron chi connectivity index (χ1n) is 6.80. The van der Waals surface area contributed by atoms with Crippen LogP contribution in [0.4, 0.5) is 5.69 Å². The molecule has 0 aliphatic rings. The van der Waals surface area contributed by atoms with E-state index in [9.17, 15) is 14.9 Å². The predicted molar refractivity (Wildman–Crippen MR) is 79.3 cm³/mol. The Kier molecular flexibility index (Phi) is 6.43. The van der Waals surface area contributed by atoms with E-state index in [1.165, 1.54) is 18.2 Å². The van der Waals surface area contributed by atoms with Gasteiger partial charge in [-0.05, 0) is 36.6 Å². The number of benzene rings is 1. The Morgan fingerprint density at radius 1 is 1.20 bits per heavy atom. The minimum atomic E-state index is -0.442. The second-order valence-electron chi connectivity index (χ2n) is 4.51. The molecule has 0 fully saturated rings. The van der Waals surface area contributed by atoms with E-state index in [1.54, 1.807) is 18.2 Å². The number of hydrogen-bond acceptors (Lipinski definition) is 3. The molecule has 5 nitrogen and oxygen atoms in total. The SMILES string of the molecule is CCCN(CCC)C(=O)C=Cc1ccc([N+](=O)[O-])cc1. The number of hydrogen-bond donors (Lipinski definition) is 0. The van der Waals surface area contributed by atoms with Gasteiger partial charge in [-0.15, -0.1) is 0 Å². The Morgan fingerprint density at radius 2 is 1.75 bits per heavy atom. The molecule has 0 spiro atoms. The fourth-order valence-electron chi connectivity index (χ4n) is 1.85. The van der Waals surface area contributed by atoms with Crippen LogP contribution in [0.2, 0.25) is 0 Å². The monoisotopic (exact) mass is 276 g/mol. The Hall–Kier alpha value is -2.17. The van der Waals surface area contributed by atoms with E-state index >= 15 is 0 Å². The summed E-state index contributed by atoms with van der Waals surface area (Å²) in [5.74, 6) is -0.0212. The largest absolute Gasteiger partial charge is 0.339 e. The van der Waals surface area contributed by atoms with Gasteiger partial charge in [0.05, 0.1) is 4.92 Å². The number of rotatable bonds is 7. The van der Waals surface area contributed by atoms with Crippen LogP contribution in [0.1, 0.15) is 32.3 Å². The van der Waals surface area contributed by atoms with Gasteiger partial charge in [0.15, 0.2) is 0 Å². The maximum absolute atomic E-state index is 12.0. The van der Waals surface area contributed by atoms with Crippen LogP contribution in [0, 0.1) is 10.1 Å². The van der Waals surface area contributed by atoms with Crippen molar-refractivity contribution in [3.05, 3.63) is 46.0 Å². The molecule has 0 heterocycles. The summed E-state index contributed by atoms with van der Waals surface area (Å²) in [5.41, 5.74) is 0.823. The quantitative estimate of drug-likeness (QED) is 0.436. The van der Waals surface area contributed by atoms with E-state index in [0.29, 0.717) is 0 Å². The van der Waals surface area contributed by atoms with Gasteiger partial charge in [-0.1, -0.05) is 13.8 Å². The van der Waals surface area contributed by atoms with Crippen LogP contribution in [-0.4, -0.2) is 28.8 Å². The maximum atomic E-state index is 12.0. The van der Waals surface area contributed by atoms with Crippen molar-refractivity contribution in [3.63, 3.8) is 0 Å². The average Bonchev–Trinajstić information content (AvgIpc) is 2.45. The number of carbonyl (C=O) groups excluding carboxylic acids is 1. The summed E-state index contributed by atoms with van der Waals surface area (Å²) in [5, 5.41) is 10.5. The summed E-state index contributed by atoms with van der Waals surface area (Å²) in [4.78, 5) is 23.9. The second kappa shape index (κ2) is 8.09. The van der Waals surface area contributed by atoms with E-state index in [0.717, 1.165) is 31.5 Å². The zero-order valence-electron chi connectivity index (χ0n) is 11.9. The maximum Gasteiger partial charge on any atom is 0.269 e. The highest BCUT2D eigenvalue weighted by Crippen LogP contribution is 2.13. The van der Waals surface area contributed by atoms with Crippen molar-refractivity contribution in [2.24, 2.45) is 0 Å². The molecular weight excluding hydrogens is 256 g/mol. The lowest BCUT2D eigenvalue weighted by molar-refractivity contribution is -0.384. The van der Waals surface area contributed by atoms with Crippen molar-refractivity contribution in [3.8, 4) is 0 Å². The molecule has 0 aliphatic carbocycles. The highest BCUT2D eigenvalue weighted by Gasteiger charge is 2.08. The van der Waals surface area contributed by atoms with Crippen LogP contribution < -0.4 is 0 Å². The Bertz CT molecular complexity index is 474. The molecule has 1 rings (SSSR count). The first-order valence-corrected chi connectivity index (χ1v) is 6.80. The van der Waals surface area contributed by atoms with Gasteiger partial charge in [-0.3, -0.25) is 14.9 Å². The highest BCUT2D eigenvalue weighted by molar-refractivity contribution is 5.91. The summed E-state index contributed by atoms with van der Waals surface area (Å²) in [6.45, 7) is 5.57. The molecule has 5 heteroatoms. The third-order valence-corrected chi connectivity index (χ3v) is 2.82. The molecular formula is C15H20N2O3. The smallest absolute Gasteiger partial charge is 0.269 e. The number of nitro benzene ring substituents is 1. The van der Waals surface area contributed by atoms with Gasteiger partial charge in [-0.2, -0.15) is 0 Å². The van der Waals surface area contributed by atoms with Crippen molar-refractivity contribution in [1.82, 2.24) is 4.90 Å². The van der Waals surface area contributed by atoms with Gasteiger partial charge >= 0.3 is 0 Å². The van der Waals surface area contributed by atoms with Gasteiger partial charge in [0.1, 0.15) is 0 Å². The van der Waals surface area contributed by atoms with Gasteiger partial charge in [-0.25, -0.2) is 0 Å². The molecule has 0 radical (unpaired) electrons. The molecule has 20 heavy (non-hydrogen) atoms. The molecule has 0 bridgehead atoms. The number of nitro groups is 1. The summed E-state index contributed by atoms with van der Waals surface area (Å²) >= 11 is 0. The minimum absolute atomic E-state index is 0.0212. The predicted octanol–water partition coefficient (Wildman–Crippen LogP) is 3.26. The fraction of sp³-hybridized carbons (Fsp3) is 0.400. The molecule has 0 N–H and O–H groups in total. The average molecular weight is 276 g/mol. The van der Waals surface area contributed by atoms with Crippen LogP contribution in [0.25, 0.3) is 6.08 Å². The van der Waals surface area contributed by atoms with Crippen LogP contribution in [-0.2, 0) is 4.79 Å². The first kappa shape index (κ1) is 15.9. The van der Waals surface area contributed by atoms with Gasteiger partial charge in [0.2, 0.25) is 5.91 Å². The van der Waals surface area contributed by atoms with Gasteiger partial charge in [0.25, 0.3) is 5.69 Å². The summed E-state index contributed by atoms with van der Waals surface area (Å²) < 4.78 is 0. The lowest BCUT2D eigenvalue weighted by atomic mass is 10.2. The van der Waals surface area contributed by atoms with E-state index < -0.39 is 4.92 Å². The van der Waals surface area contributed by atoms with Crippen molar-refractivity contribution in [2.45, 2.75) is 26.7 Å². The van der Waals surface area contributed by atoms with Crippen molar-refractivity contribution >= 4 is 17.7 Å². The molecule has 1 aromatic rings. The third-order valence-electron chi connectivity index (χ3n) is 2.82. The van der Waals surface area contributed by atoms with Gasteiger partial charge < -0.3 is 4.90 Å². The molecule has 0 aliphatic heterocycles. The summed E-state index contributed by atoms with van der Waals surface area (Å²) in [6.07, 6.45) is 5.06. The van der Waals surface area contributed by atoms with Crippen LogP contribution >= 0.6 is 0 Å². The van der Waals surface area contributed by atoms with E-state index in [-0.39, 0.29) is 11.6 Å². The van der Waals surface area contributed by atoms with Gasteiger partial charge in [0, 0.05) is 31.3 Å². The third kappa shape index (κ3) is 4.84. The number of nitrogens with zero attached hydrogens (tertiary/aromatic N) is 2. The topological polar surface area (TPSA) is 63.5 Å². The summed E-state index contributed by atoms with van der Waals surface area (Å²) in [6, 6.07) is 6.12. The molecule has 0 atom stereocenters. The zero-order valence-corrected chi connectivity index (χ0v) is 11.9. The van der Waals surface area contributed by atoms with E-state index in [1.807, 2.05) is 18.7 Å². The minimum Gasteiger partial charge on any atom is -0.339 e. The second-order valence-corrected chi connectivity index (χ2v) is 4.51. The fourth-order valence-corrected chi connectivity index (χ4v) is 1.85. The Balaban J connectivity index is 2.70. The highest BCUT2D eigenvalue weighted by atomic mass is 16.6. The van der Waals surface area contributed by atoms with E-state index in [4.69, 9.17) is 0 Å². The Morgan fingerprint density at radius 3 is 2.20 bits per heavy atom. The summed E-state index contributed by atoms with van der Waals surface area (Å²) in [7, 11) is 0. The Labute approximate surface area is 119 Å². The number of carbonyl (C=O) groups is 1. The molecule has 0 unspecified atom stereocenters. The molecule has 108 valence electrons. The molecule has 0 aromatic heterocycles. The molecule has 1 amide bonds. The number of non-ortho nitro benzene ring substituents is 1. The van der Waals surface area contributed by atoms with E-state index in [2.05, 4.69) is 0 Å². The standard InChI is InChI=1S/C15H20N2O3/c1-3-11-16(12-4-2)15(18)10-7-13-5-8-14(9-6-13)17(19)20/h5-10H,3-4,11-12H2,1-2H3. The van der Waals surface area contributed by atoms with Crippen molar-refractivity contribution < 1.29 is 9.72 Å². The molecule has 0 saturated heterocycles. The molecule has 1 aromatic carbocycles. The van der Waals surface area contributed by atoms with Crippen molar-refractivity contribution in [1.29, 1.82) is 0 Å². The lowest BCUT2D eigenvalue weighted by Gasteiger charge is -2.19. The molecule has 0 saturated carbocycles. The number of amides is 1. The van der Waals surface area contributed by atoms with Crippen molar-refractivity contribution in [2.75, 3.05) is 13.1 Å². The van der Waals surface area contributed by atoms with Crippen LogP contribution in [0.3, 0.4) is 0 Å². The first-order chi connectivity index (χ1) is 9.58. The van der Waals surface area contributed by atoms with Crippen LogP contribution in [0.15, 0.2) is 30.3 Å². The zero-order chi connectivity index (χ0) is 15.0.